The topological polar surface area (TPSA) is 94.3 Å². The van der Waals surface area contributed by atoms with E-state index in [0.717, 1.165) is 12.1 Å². The van der Waals surface area contributed by atoms with Crippen molar-refractivity contribution in [3.05, 3.63) is 58.3 Å². The van der Waals surface area contributed by atoms with Crippen LogP contribution in [0, 0.1) is 0 Å². The first-order chi connectivity index (χ1) is 12.3. The number of rotatable bonds is 4. The van der Waals surface area contributed by atoms with Gasteiger partial charge in [-0.05, 0) is 41.4 Å². The monoisotopic (exact) mass is 385 g/mol. The first kappa shape index (κ1) is 17.9. The number of furan rings is 1. The molecule has 3 aromatic rings. The number of alkyl halides is 3. The maximum Gasteiger partial charge on any atom is 0.416 e. The molecule has 0 radical (unpaired) electrons. The molecule has 2 aromatic heterocycles. The normalized spacial score (nSPS) is 11.5. The molecule has 136 valence electrons. The number of aromatic nitrogens is 1. The minimum absolute atomic E-state index is 0.0139. The fourth-order valence-electron chi connectivity index (χ4n) is 2.21. The summed E-state index contributed by atoms with van der Waals surface area (Å²) in [4.78, 5) is 12.4. The van der Waals surface area contributed by atoms with Gasteiger partial charge in [-0.25, -0.2) is 0 Å². The Bertz CT molecular complexity index is 932. The number of benzene rings is 1. The van der Waals surface area contributed by atoms with E-state index in [9.17, 15) is 18.0 Å². The van der Waals surface area contributed by atoms with Crippen molar-refractivity contribution in [3.8, 4) is 11.5 Å². The van der Waals surface area contributed by atoms with Crippen LogP contribution in [0.2, 0.25) is 5.22 Å². The molecule has 0 saturated carbocycles. The number of amides is 1. The number of carbonyl (C=O) groups excluding carboxylic acids is 1. The summed E-state index contributed by atoms with van der Waals surface area (Å²) in [6.45, 7) is -0.0139. The summed E-state index contributed by atoms with van der Waals surface area (Å²) in [5, 5.41) is 6.31. The molecule has 0 bridgehead atoms. The maximum absolute atomic E-state index is 12.6. The van der Waals surface area contributed by atoms with E-state index in [1.165, 1.54) is 24.3 Å². The number of nitrogen functional groups attached to an aromatic ring is 1. The predicted molar refractivity (Wildman–Crippen MR) is 86.2 cm³/mol. The van der Waals surface area contributed by atoms with Crippen molar-refractivity contribution in [3.63, 3.8) is 0 Å². The SMILES string of the molecule is Nc1onc(-c2ccc(Cl)o2)c1C(=O)NCc1ccc(C(F)(F)F)cc1. The van der Waals surface area contributed by atoms with Crippen molar-refractivity contribution in [2.75, 3.05) is 5.73 Å². The van der Waals surface area contributed by atoms with Gasteiger partial charge in [0.1, 0.15) is 5.56 Å². The highest BCUT2D eigenvalue weighted by Crippen LogP contribution is 2.30. The van der Waals surface area contributed by atoms with Gasteiger partial charge in [0.25, 0.3) is 5.91 Å². The predicted octanol–water partition coefficient (Wildman–Crippen LogP) is 4.12. The average molecular weight is 386 g/mol. The van der Waals surface area contributed by atoms with E-state index in [1.54, 1.807) is 0 Å². The van der Waals surface area contributed by atoms with Gasteiger partial charge in [-0.1, -0.05) is 17.3 Å². The Morgan fingerprint density at radius 3 is 2.46 bits per heavy atom. The van der Waals surface area contributed by atoms with Gasteiger partial charge in [0.2, 0.25) is 5.88 Å². The van der Waals surface area contributed by atoms with Crippen LogP contribution >= 0.6 is 11.6 Å². The van der Waals surface area contributed by atoms with Crippen LogP contribution in [0.15, 0.2) is 45.3 Å². The van der Waals surface area contributed by atoms with Crippen molar-refractivity contribution < 1.29 is 26.9 Å². The quantitative estimate of drug-likeness (QED) is 0.704. The van der Waals surface area contributed by atoms with Gasteiger partial charge in [0, 0.05) is 6.54 Å². The number of nitrogens with one attached hydrogen (secondary N) is 1. The molecule has 10 heteroatoms. The summed E-state index contributed by atoms with van der Waals surface area (Å²) in [6, 6.07) is 7.37. The summed E-state index contributed by atoms with van der Waals surface area (Å²) >= 11 is 5.70. The third-order valence-electron chi connectivity index (χ3n) is 3.49. The van der Waals surface area contributed by atoms with Crippen molar-refractivity contribution >= 4 is 23.4 Å². The van der Waals surface area contributed by atoms with Crippen molar-refractivity contribution in [1.82, 2.24) is 10.5 Å². The van der Waals surface area contributed by atoms with Gasteiger partial charge >= 0.3 is 6.18 Å². The van der Waals surface area contributed by atoms with Crippen LogP contribution in [0.5, 0.6) is 0 Å². The lowest BCUT2D eigenvalue weighted by Gasteiger charge is -2.08. The second kappa shape index (κ2) is 6.75. The number of carbonyl (C=O) groups is 1. The molecular weight excluding hydrogens is 375 g/mol. The molecule has 2 heterocycles. The van der Waals surface area contributed by atoms with E-state index in [-0.39, 0.29) is 34.7 Å². The average Bonchev–Trinajstić information content (AvgIpc) is 3.18. The highest BCUT2D eigenvalue weighted by atomic mass is 35.5. The molecule has 3 N–H and O–H groups in total. The number of hydrogen-bond donors (Lipinski definition) is 2. The highest BCUT2D eigenvalue weighted by Gasteiger charge is 2.30. The molecule has 0 aliphatic heterocycles. The first-order valence-electron chi connectivity index (χ1n) is 7.21. The first-order valence-corrected chi connectivity index (χ1v) is 7.58. The van der Waals surface area contributed by atoms with E-state index in [4.69, 9.17) is 26.3 Å². The summed E-state index contributed by atoms with van der Waals surface area (Å²) in [7, 11) is 0. The lowest BCUT2D eigenvalue weighted by Crippen LogP contribution is -2.23. The Hall–Kier alpha value is -2.94. The zero-order chi connectivity index (χ0) is 18.9. The minimum atomic E-state index is -4.42. The molecule has 6 nitrogen and oxygen atoms in total. The Morgan fingerprint density at radius 2 is 1.88 bits per heavy atom. The number of anilines is 1. The summed E-state index contributed by atoms with van der Waals surface area (Å²) in [6.07, 6.45) is -4.42. The zero-order valence-electron chi connectivity index (χ0n) is 12.9. The standard InChI is InChI=1S/C16H11ClF3N3O3/c17-11-6-5-10(25-11)13-12(14(21)26-23-13)15(24)22-7-8-1-3-9(4-2-8)16(18,19)20/h1-6H,7,21H2,(H,22,24). The van der Waals surface area contributed by atoms with Crippen LogP contribution in [0.4, 0.5) is 19.1 Å². The number of halogens is 4. The van der Waals surface area contributed by atoms with Crippen molar-refractivity contribution in [2.45, 2.75) is 12.7 Å². The molecule has 0 spiro atoms. The lowest BCUT2D eigenvalue weighted by atomic mass is 10.1. The molecule has 1 amide bonds. The van der Waals surface area contributed by atoms with Gasteiger partial charge in [-0.2, -0.15) is 13.2 Å². The lowest BCUT2D eigenvalue weighted by molar-refractivity contribution is -0.137. The molecule has 0 saturated heterocycles. The van der Waals surface area contributed by atoms with Crippen LogP contribution in [-0.4, -0.2) is 11.1 Å². The van der Waals surface area contributed by atoms with Gasteiger partial charge in [0.15, 0.2) is 16.7 Å². The van der Waals surface area contributed by atoms with Gasteiger partial charge < -0.3 is 20.0 Å². The van der Waals surface area contributed by atoms with Crippen molar-refractivity contribution in [2.24, 2.45) is 0 Å². The molecule has 1 aromatic carbocycles. The van der Waals surface area contributed by atoms with E-state index < -0.39 is 17.6 Å². The van der Waals surface area contributed by atoms with E-state index in [1.807, 2.05) is 0 Å². The van der Waals surface area contributed by atoms with Crippen molar-refractivity contribution in [1.29, 1.82) is 0 Å². The molecule has 0 fully saturated rings. The third kappa shape index (κ3) is 3.67. The fraction of sp³-hybridized carbons (Fsp3) is 0.125. The van der Waals surface area contributed by atoms with E-state index in [2.05, 4.69) is 10.5 Å². The molecule has 0 atom stereocenters. The Balaban J connectivity index is 1.74. The molecule has 0 aliphatic rings. The fourth-order valence-corrected chi connectivity index (χ4v) is 2.36. The van der Waals surface area contributed by atoms with E-state index in [0.29, 0.717) is 5.56 Å². The van der Waals surface area contributed by atoms with Gasteiger partial charge in [0.05, 0.1) is 5.56 Å². The Kier molecular flexibility index (Phi) is 4.64. The molecule has 26 heavy (non-hydrogen) atoms. The number of hydrogen-bond acceptors (Lipinski definition) is 5. The van der Waals surface area contributed by atoms with Gasteiger partial charge in [-0.15, -0.1) is 0 Å². The Morgan fingerprint density at radius 1 is 1.19 bits per heavy atom. The van der Waals surface area contributed by atoms with Crippen LogP contribution < -0.4 is 11.1 Å². The van der Waals surface area contributed by atoms with Crippen LogP contribution in [0.25, 0.3) is 11.5 Å². The molecule has 0 unspecified atom stereocenters. The van der Waals surface area contributed by atoms with Crippen LogP contribution in [-0.2, 0) is 12.7 Å². The zero-order valence-corrected chi connectivity index (χ0v) is 13.7. The minimum Gasteiger partial charge on any atom is -0.443 e. The van der Waals surface area contributed by atoms with E-state index >= 15 is 0 Å². The van der Waals surface area contributed by atoms with Gasteiger partial charge in [-0.3, -0.25) is 4.79 Å². The highest BCUT2D eigenvalue weighted by molar-refractivity contribution is 6.29. The third-order valence-corrected chi connectivity index (χ3v) is 3.69. The molecular formula is C16H11ClF3N3O3. The molecule has 3 rings (SSSR count). The second-order valence-corrected chi connectivity index (χ2v) is 5.62. The number of nitrogens with two attached hydrogens (primary N) is 1. The van der Waals surface area contributed by atoms with Crippen LogP contribution in [0.3, 0.4) is 0 Å². The Labute approximate surface area is 149 Å². The van der Waals surface area contributed by atoms with Crippen LogP contribution in [0.1, 0.15) is 21.5 Å². The summed E-state index contributed by atoms with van der Waals surface area (Å²) < 4.78 is 47.7. The second-order valence-electron chi connectivity index (χ2n) is 5.25. The summed E-state index contributed by atoms with van der Waals surface area (Å²) in [5.41, 5.74) is 5.35. The maximum atomic E-state index is 12.6. The largest absolute Gasteiger partial charge is 0.443 e. The molecule has 0 aliphatic carbocycles. The summed E-state index contributed by atoms with van der Waals surface area (Å²) in [5.74, 6) is -0.654. The number of nitrogens with zero attached hydrogens (tertiary/aromatic N) is 1. The smallest absolute Gasteiger partial charge is 0.416 e.